The molecule has 1 aromatic carbocycles. The lowest BCUT2D eigenvalue weighted by Gasteiger charge is -2.23. The molecule has 0 spiro atoms. The van der Waals surface area contributed by atoms with Gasteiger partial charge in [-0.3, -0.25) is 4.79 Å². The molecule has 2 N–H and O–H groups in total. The van der Waals surface area contributed by atoms with E-state index in [0.29, 0.717) is 24.3 Å². The van der Waals surface area contributed by atoms with Crippen LogP contribution in [0.4, 0.5) is 11.4 Å². The van der Waals surface area contributed by atoms with Crippen LogP contribution in [0.2, 0.25) is 0 Å². The van der Waals surface area contributed by atoms with Gasteiger partial charge in [-0.1, -0.05) is 0 Å². The van der Waals surface area contributed by atoms with Crippen LogP contribution in [0, 0.1) is 0 Å². The van der Waals surface area contributed by atoms with Gasteiger partial charge in [0.25, 0.3) is 5.91 Å². The molecule has 17 heavy (non-hydrogen) atoms. The zero-order valence-corrected chi connectivity index (χ0v) is 11.0. The van der Waals surface area contributed by atoms with E-state index in [1.165, 1.54) is 0 Å². The number of hydrogen-bond donors (Lipinski definition) is 1. The Hall–Kier alpha value is -1.71. The molecule has 0 aliphatic heterocycles. The first kappa shape index (κ1) is 13.4. The smallest absolute Gasteiger partial charge is 0.256 e. The van der Waals surface area contributed by atoms with Crippen molar-refractivity contribution in [2.45, 2.75) is 13.8 Å². The molecule has 0 fully saturated rings. The van der Waals surface area contributed by atoms with Crippen molar-refractivity contribution in [3.63, 3.8) is 0 Å². The van der Waals surface area contributed by atoms with Crippen LogP contribution in [-0.2, 0) is 0 Å². The van der Waals surface area contributed by atoms with Crippen LogP contribution >= 0.6 is 0 Å². The summed E-state index contributed by atoms with van der Waals surface area (Å²) in [4.78, 5) is 16.0. The van der Waals surface area contributed by atoms with Crippen LogP contribution in [-0.4, -0.2) is 38.0 Å². The Balaban J connectivity index is 3.19. The van der Waals surface area contributed by atoms with Gasteiger partial charge in [-0.15, -0.1) is 0 Å². The van der Waals surface area contributed by atoms with Gasteiger partial charge in [0.1, 0.15) is 0 Å². The fourth-order valence-corrected chi connectivity index (χ4v) is 1.80. The zero-order valence-electron chi connectivity index (χ0n) is 11.0. The Kier molecular flexibility index (Phi) is 4.37. The van der Waals surface area contributed by atoms with Crippen LogP contribution < -0.4 is 10.6 Å². The van der Waals surface area contributed by atoms with Crippen molar-refractivity contribution >= 4 is 17.3 Å². The summed E-state index contributed by atoms with van der Waals surface area (Å²) in [5.74, 6) is 0.0333. The molecule has 1 rings (SSSR count). The predicted octanol–water partition coefficient (Wildman–Crippen LogP) is 1.82. The summed E-state index contributed by atoms with van der Waals surface area (Å²) in [6, 6.07) is 5.44. The van der Waals surface area contributed by atoms with Gasteiger partial charge in [0.05, 0.1) is 5.56 Å². The lowest BCUT2D eigenvalue weighted by Crippen LogP contribution is -2.31. The SMILES string of the molecule is CCN(CC)C(=O)c1cc(N)ccc1N(C)C. The van der Waals surface area contributed by atoms with E-state index in [2.05, 4.69) is 0 Å². The van der Waals surface area contributed by atoms with Gasteiger partial charge in [-0.05, 0) is 32.0 Å². The molecular weight excluding hydrogens is 214 g/mol. The van der Waals surface area contributed by atoms with Crippen molar-refractivity contribution in [3.8, 4) is 0 Å². The third kappa shape index (κ3) is 2.90. The molecule has 94 valence electrons. The highest BCUT2D eigenvalue weighted by Crippen LogP contribution is 2.22. The normalized spacial score (nSPS) is 10.1. The monoisotopic (exact) mass is 235 g/mol. The summed E-state index contributed by atoms with van der Waals surface area (Å²) in [6.45, 7) is 5.36. The highest BCUT2D eigenvalue weighted by atomic mass is 16.2. The summed E-state index contributed by atoms with van der Waals surface area (Å²) < 4.78 is 0. The summed E-state index contributed by atoms with van der Waals surface area (Å²) in [6.07, 6.45) is 0. The molecule has 0 saturated carbocycles. The number of anilines is 2. The number of rotatable bonds is 4. The molecule has 0 saturated heterocycles. The maximum atomic E-state index is 12.3. The number of hydrogen-bond acceptors (Lipinski definition) is 3. The minimum absolute atomic E-state index is 0.0333. The summed E-state index contributed by atoms with van der Waals surface area (Å²) in [5.41, 5.74) is 7.94. The maximum Gasteiger partial charge on any atom is 0.256 e. The average Bonchev–Trinajstić information content (AvgIpc) is 2.29. The first-order valence-electron chi connectivity index (χ1n) is 5.87. The molecule has 0 aliphatic rings. The molecule has 0 unspecified atom stereocenters. The van der Waals surface area contributed by atoms with Crippen molar-refractivity contribution in [1.29, 1.82) is 0 Å². The predicted molar refractivity (Wildman–Crippen MR) is 72.4 cm³/mol. The number of nitrogen functional groups attached to an aromatic ring is 1. The molecule has 1 aromatic rings. The maximum absolute atomic E-state index is 12.3. The average molecular weight is 235 g/mol. The van der Waals surface area contributed by atoms with Gasteiger partial charge >= 0.3 is 0 Å². The van der Waals surface area contributed by atoms with E-state index < -0.39 is 0 Å². The molecule has 4 nitrogen and oxygen atoms in total. The highest BCUT2D eigenvalue weighted by molar-refractivity contribution is 6.00. The first-order chi connectivity index (χ1) is 8.01. The van der Waals surface area contributed by atoms with Gasteiger partial charge in [-0.2, -0.15) is 0 Å². The number of carbonyl (C=O) groups is 1. The molecule has 0 bridgehead atoms. The highest BCUT2D eigenvalue weighted by Gasteiger charge is 2.17. The molecule has 0 heterocycles. The van der Waals surface area contributed by atoms with E-state index in [0.717, 1.165) is 5.69 Å². The number of nitrogens with two attached hydrogens (primary N) is 1. The minimum atomic E-state index is 0.0333. The quantitative estimate of drug-likeness (QED) is 0.810. The van der Waals surface area contributed by atoms with Gasteiger partial charge < -0.3 is 15.5 Å². The summed E-state index contributed by atoms with van der Waals surface area (Å²) in [5, 5.41) is 0. The van der Waals surface area contributed by atoms with Crippen molar-refractivity contribution < 1.29 is 4.79 Å². The second kappa shape index (κ2) is 5.57. The van der Waals surface area contributed by atoms with Gasteiger partial charge in [-0.25, -0.2) is 0 Å². The number of nitrogens with zero attached hydrogens (tertiary/aromatic N) is 2. The molecule has 0 aromatic heterocycles. The Labute approximate surface area is 103 Å². The van der Waals surface area contributed by atoms with E-state index >= 15 is 0 Å². The number of benzene rings is 1. The Bertz CT molecular complexity index is 398. The van der Waals surface area contributed by atoms with Crippen molar-refractivity contribution in [1.82, 2.24) is 4.90 Å². The second-order valence-electron chi connectivity index (χ2n) is 4.15. The number of carbonyl (C=O) groups excluding carboxylic acids is 1. The van der Waals surface area contributed by atoms with Gasteiger partial charge in [0.2, 0.25) is 0 Å². The van der Waals surface area contributed by atoms with E-state index in [4.69, 9.17) is 5.73 Å². The Morgan fingerprint density at radius 1 is 1.24 bits per heavy atom. The minimum Gasteiger partial charge on any atom is -0.399 e. The lowest BCUT2D eigenvalue weighted by molar-refractivity contribution is 0.0773. The lowest BCUT2D eigenvalue weighted by atomic mass is 10.1. The van der Waals surface area contributed by atoms with Crippen LogP contribution in [0.25, 0.3) is 0 Å². The van der Waals surface area contributed by atoms with Crippen LogP contribution in [0.1, 0.15) is 24.2 Å². The Morgan fingerprint density at radius 2 is 1.82 bits per heavy atom. The van der Waals surface area contributed by atoms with Gasteiger partial charge in [0, 0.05) is 38.6 Å². The van der Waals surface area contributed by atoms with Crippen molar-refractivity contribution in [2.24, 2.45) is 0 Å². The molecule has 0 atom stereocenters. The third-order valence-corrected chi connectivity index (χ3v) is 2.78. The molecule has 4 heteroatoms. The van der Waals surface area contributed by atoms with Crippen LogP contribution in [0.3, 0.4) is 0 Å². The fraction of sp³-hybridized carbons (Fsp3) is 0.462. The molecule has 1 amide bonds. The Morgan fingerprint density at radius 3 is 2.29 bits per heavy atom. The standard InChI is InChI=1S/C13H21N3O/c1-5-16(6-2)13(17)11-9-10(14)7-8-12(11)15(3)4/h7-9H,5-6,14H2,1-4H3. The van der Waals surface area contributed by atoms with Crippen molar-refractivity contribution in [2.75, 3.05) is 37.8 Å². The summed E-state index contributed by atoms with van der Waals surface area (Å²) in [7, 11) is 3.84. The third-order valence-electron chi connectivity index (χ3n) is 2.78. The largest absolute Gasteiger partial charge is 0.399 e. The fourth-order valence-electron chi connectivity index (χ4n) is 1.80. The topological polar surface area (TPSA) is 49.6 Å². The van der Waals surface area contributed by atoms with E-state index in [-0.39, 0.29) is 5.91 Å². The van der Waals surface area contributed by atoms with Gasteiger partial charge in [0.15, 0.2) is 0 Å². The summed E-state index contributed by atoms with van der Waals surface area (Å²) >= 11 is 0. The molecule has 0 aliphatic carbocycles. The molecular formula is C13H21N3O. The molecule has 0 radical (unpaired) electrons. The first-order valence-corrected chi connectivity index (χ1v) is 5.87. The zero-order chi connectivity index (χ0) is 13.0. The number of amides is 1. The van der Waals surface area contributed by atoms with E-state index in [1.807, 2.05) is 45.0 Å². The van der Waals surface area contributed by atoms with Crippen LogP contribution in [0.5, 0.6) is 0 Å². The van der Waals surface area contributed by atoms with E-state index in [9.17, 15) is 4.79 Å². The van der Waals surface area contributed by atoms with E-state index in [1.54, 1.807) is 11.0 Å². The second-order valence-corrected chi connectivity index (χ2v) is 4.15. The van der Waals surface area contributed by atoms with Crippen molar-refractivity contribution in [3.05, 3.63) is 23.8 Å². The van der Waals surface area contributed by atoms with Crippen LogP contribution in [0.15, 0.2) is 18.2 Å².